The van der Waals surface area contributed by atoms with Gasteiger partial charge in [-0.15, -0.1) is 0 Å². The molecule has 0 unspecified atom stereocenters. The molecule has 0 N–H and O–H groups in total. The van der Waals surface area contributed by atoms with Crippen LogP contribution in [-0.2, 0) is 19.3 Å². The summed E-state index contributed by atoms with van der Waals surface area (Å²) in [5.74, 6) is 0. The zero-order chi connectivity index (χ0) is 8.91. The lowest BCUT2D eigenvalue weighted by Crippen LogP contribution is -2.31. The van der Waals surface area contributed by atoms with Crippen LogP contribution < -0.4 is 0 Å². The minimum absolute atomic E-state index is 0.0896. The molecule has 0 aromatic rings. The highest BCUT2D eigenvalue weighted by Crippen LogP contribution is 1.99. The van der Waals surface area contributed by atoms with Crippen LogP contribution in [0.4, 0.5) is 0 Å². The highest BCUT2D eigenvalue weighted by atomic mass is 32.2. The summed E-state index contributed by atoms with van der Waals surface area (Å²) >= 11 is 0. The molecule has 0 saturated heterocycles. The normalized spacial score (nSPS) is 11.5. The van der Waals surface area contributed by atoms with Crippen LogP contribution in [0.15, 0.2) is 0 Å². The van der Waals surface area contributed by atoms with Gasteiger partial charge in [-0.05, 0) is 0 Å². The minimum atomic E-state index is -3.81. The van der Waals surface area contributed by atoms with Crippen LogP contribution >= 0.6 is 0 Å². The molecule has 0 aromatic heterocycles. The van der Waals surface area contributed by atoms with Crippen molar-refractivity contribution in [1.82, 2.24) is 4.31 Å². The summed E-state index contributed by atoms with van der Waals surface area (Å²) in [6.07, 6.45) is 0. The Morgan fingerprint density at radius 3 is 2.09 bits per heavy atom. The summed E-state index contributed by atoms with van der Waals surface area (Å²) in [6.45, 7) is 3.83. The largest absolute Gasteiger partial charge is 0.387 e. The van der Waals surface area contributed by atoms with Crippen molar-refractivity contribution in [2.24, 2.45) is 0 Å². The molecule has 0 rings (SSSR count). The van der Waals surface area contributed by atoms with Gasteiger partial charge in [-0.2, -0.15) is 12.7 Å². The molecule has 0 aliphatic carbocycles. The first-order chi connectivity index (χ1) is 5.08. The minimum Gasteiger partial charge on any atom is -0.337 e. The number of nitrogens with zero attached hydrogens (tertiary/aromatic N) is 1. The first-order valence-corrected chi connectivity index (χ1v) is 4.57. The Morgan fingerprint density at radius 1 is 1.36 bits per heavy atom. The molecule has 0 fully saturated rings. The van der Waals surface area contributed by atoms with E-state index in [2.05, 4.69) is 4.18 Å². The smallest absolute Gasteiger partial charge is 0.337 e. The Balaban J connectivity index is 4.38. The van der Waals surface area contributed by atoms with Gasteiger partial charge in [0, 0.05) is 13.1 Å². The van der Waals surface area contributed by atoms with E-state index in [1.165, 1.54) is 0 Å². The van der Waals surface area contributed by atoms with Crippen LogP contribution in [0.25, 0.3) is 0 Å². The molecule has 0 amide bonds. The fourth-order valence-corrected chi connectivity index (χ4v) is 1.50. The first kappa shape index (κ1) is 10.4. The van der Waals surface area contributed by atoms with E-state index in [1.807, 2.05) is 0 Å². The standard InChI is InChI=1S/C5H11NO4S/c1-3-6(4-2)11(8,9)10-5-7/h5H,3-4H2,1-2H3. The van der Waals surface area contributed by atoms with Crippen molar-refractivity contribution in [1.29, 1.82) is 0 Å². The van der Waals surface area contributed by atoms with Gasteiger partial charge in [-0.1, -0.05) is 13.8 Å². The molecule has 0 radical (unpaired) electrons. The van der Waals surface area contributed by atoms with Gasteiger partial charge in [0.2, 0.25) is 0 Å². The van der Waals surface area contributed by atoms with Gasteiger partial charge in [-0.3, -0.25) is 4.79 Å². The molecule has 0 atom stereocenters. The number of hydrogen-bond acceptors (Lipinski definition) is 4. The number of rotatable bonds is 5. The SMILES string of the molecule is CCN(CC)S(=O)(=O)OC=O. The van der Waals surface area contributed by atoms with E-state index < -0.39 is 10.3 Å². The number of carbonyl (C=O) groups is 1. The van der Waals surface area contributed by atoms with Crippen LogP contribution in [0.5, 0.6) is 0 Å². The molecule has 0 spiro atoms. The van der Waals surface area contributed by atoms with Gasteiger partial charge < -0.3 is 4.18 Å². The number of carbonyl (C=O) groups excluding carboxylic acids is 1. The van der Waals surface area contributed by atoms with Crippen molar-refractivity contribution in [3.63, 3.8) is 0 Å². The van der Waals surface area contributed by atoms with E-state index in [-0.39, 0.29) is 6.47 Å². The van der Waals surface area contributed by atoms with Gasteiger partial charge in [0.15, 0.2) is 0 Å². The van der Waals surface area contributed by atoms with Crippen LogP contribution in [-0.4, -0.2) is 32.3 Å². The van der Waals surface area contributed by atoms with Crippen molar-refractivity contribution in [2.45, 2.75) is 13.8 Å². The second kappa shape index (κ2) is 4.30. The maximum atomic E-state index is 10.9. The summed E-state index contributed by atoms with van der Waals surface area (Å²) in [4.78, 5) is 9.73. The van der Waals surface area contributed by atoms with Gasteiger partial charge in [0.1, 0.15) is 0 Å². The molecular weight excluding hydrogens is 170 g/mol. The third kappa shape index (κ3) is 2.85. The third-order valence-electron chi connectivity index (χ3n) is 1.18. The topological polar surface area (TPSA) is 63.7 Å². The molecule has 66 valence electrons. The average molecular weight is 181 g/mol. The predicted octanol–water partition coefficient (Wildman–Crippen LogP) is -0.254. The zero-order valence-electron chi connectivity index (χ0n) is 6.48. The Morgan fingerprint density at radius 2 is 1.82 bits per heavy atom. The van der Waals surface area contributed by atoms with Gasteiger partial charge >= 0.3 is 16.8 Å². The molecule has 0 heterocycles. The van der Waals surface area contributed by atoms with E-state index in [4.69, 9.17) is 0 Å². The highest BCUT2D eigenvalue weighted by Gasteiger charge is 2.18. The van der Waals surface area contributed by atoms with Crippen molar-refractivity contribution < 1.29 is 17.4 Å². The lowest BCUT2D eigenvalue weighted by Gasteiger charge is -2.14. The molecule has 6 heteroatoms. The highest BCUT2D eigenvalue weighted by molar-refractivity contribution is 7.84. The summed E-state index contributed by atoms with van der Waals surface area (Å²) in [7, 11) is -3.81. The fraction of sp³-hybridized carbons (Fsp3) is 0.800. The maximum Gasteiger partial charge on any atom is 0.387 e. The monoisotopic (exact) mass is 181 g/mol. The molecule has 11 heavy (non-hydrogen) atoms. The van der Waals surface area contributed by atoms with E-state index in [1.54, 1.807) is 13.8 Å². The Kier molecular flexibility index (Phi) is 4.06. The lowest BCUT2D eigenvalue weighted by atomic mass is 10.7. The third-order valence-corrected chi connectivity index (χ3v) is 2.65. The second-order valence-electron chi connectivity index (χ2n) is 1.73. The van der Waals surface area contributed by atoms with Crippen LogP contribution in [0.1, 0.15) is 13.8 Å². The van der Waals surface area contributed by atoms with Crippen molar-refractivity contribution in [2.75, 3.05) is 13.1 Å². The van der Waals surface area contributed by atoms with E-state index in [0.29, 0.717) is 13.1 Å². The summed E-state index contributed by atoms with van der Waals surface area (Å²) < 4.78 is 26.7. The fourth-order valence-electron chi connectivity index (χ4n) is 0.650. The van der Waals surface area contributed by atoms with Gasteiger partial charge in [-0.25, -0.2) is 0 Å². The summed E-state index contributed by atoms with van der Waals surface area (Å²) in [5.41, 5.74) is 0. The average Bonchev–Trinajstić information content (AvgIpc) is 1.89. The molecule has 0 saturated carbocycles. The van der Waals surface area contributed by atoms with Gasteiger partial charge in [0.05, 0.1) is 0 Å². The van der Waals surface area contributed by atoms with Crippen LogP contribution in [0.2, 0.25) is 0 Å². The molecule has 0 bridgehead atoms. The van der Waals surface area contributed by atoms with Crippen molar-refractivity contribution >= 4 is 16.8 Å². The number of hydrogen-bond donors (Lipinski definition) is 0. The van der Waals surface area contributed by atoms with E-state index in [9.17, 15) is 13.2 Å². The zero-order valence-corrected chi connectivity index (χ0v) is 7.30. The Labute approximate surface area is 66.2 Å². The van der Waals surface area contributed by atoms with Crippen LogP contribution in [0, 0.1) is 0 Å². The van der Waals surface area contributed by atoms with Crippen molar-refractivity contribution in [3.05, 3.63) is 0 Å². The molecule has 5 nitrogen and oxygen atoms in total. The van der Waals surface area contributed by atoms with Crippen LogP contribution in [0.3, 0.4) is 0 Å². The predicted molar refractivity (Wildman–Crippen MR) is 39.0 cm³/mol. The molecule has 0 aromatic carbocycles. The quantitative estimate of drug-likeness (QED) is 0.548. The Bertz CT molecular complexity index is 207. The van der Waals surface area contributed by atoms with Gasteiger partial charge in [0.25, 0.3) is 0 Å². The molecule has 0 aliphatic heterocycles. The lowest BCUT2D eigenvalue weighted by molar-refractivity contribution is -0.120. The second-order valence-corrected chi connectivity index (χ2v) is 3.30. The van der Waals surface area contributed by atoms with E-state index in [0.717, 1.165) is 4.31 Å². The van der Waals surface area contributed by atoms with Crippen molar-refractivity contribution in [3.8, 4) is 0 Å². The molecule has 0 aliphatic rings. The Hall–Kier alpha value is -0.620. The summed E-state index contributed by atoms with van der Waals surface area (Å²) in [6, 6.07) is 0. The maximum absolute atomic E-state index is 10.9. The summed E-state index contributed by atoms with van der Waals surface area (Å²) in [5, 5.41) is 0. The molecular formula is C5H11NO4S. The first-order valence-electron chi connectivity index (χ1n) is 3.20. The van der Waals surface area contributed by atoms with E-state index >= 15 is 0 Å².